The van der Waals surface area contributed by atoms with Crippen molar-refractivity contribution in [3.8, 4) is 0 Å². The average Bonchev–Trinajstić information content (AvgIpc) is 2.28. The fourth-order valence-corrected chi connectivity index (χ4v) is 1.18. The molecule has 0 radical (unpaired) electrons. The summed E-state index contributed by atoms with van der Waals surface area (Å²) in [6, 6.07) is 0.0447. The maximum Gasteiger partial charge on any atom is 0.224 e. The highest BCUT2D eigenvalue weighted by Gasteiger charge is 2.08. The zero-order valence-electron chi connectivity index (χ0n) is 9.41. The van der Waals surface area contributed by atoms with Crippen LogP contribution < -0.4 is 10.6 Å². The highest BCUT2D eigenvalue weighted by atomic mass is 16.3. The molecule has 3 N–H and O–H groups in total. The minimum absolute atomic E-state index is 0.0447. The predicted octanol–water partition coefficient (Wildman–Crippen LogP) is 1.01. The molecule has 1 aromatic rings. The van der Waals surface area contributed by atoms with Crippen molar-refractivity contribution in [2.24, 2.45) is 0 Å². The van der Waals surface area contributed by atoms with Crippen molar-refractivity contribution >= 4 is 11.8 Å². The lowest BCUT2D eigenvalue weighted by Crippen LogP contribution is -2.24. The van der Waals surface area contributed by atoms with Crippen LogP contribution in [0.3, 0.4) is 0 Å². The monoisotopic (exact) mass is 210 g/mol. The van der Waals surface area contributed by atoms with E-state index in [0.717, 1.165) is 17.8 Å². The summed E-state index contributed by atoms with van der Waals surface area (Å²) in [6.07, 6.45) is 2.61. The quantitative estimate of drug-likeness (QED) is 0.676. The zero-order valence-corrected chi connectivity index (χ0v) is 9.41. The standard InChI is InChI=1S/C10H18N4O/c1-4-8(6-15)13-9-7(2)5-12-10(11-3)14-9/h5,8,15H,4,6H2,1-3H3,(H2,11,12,13,14). The number of hydrogen-bond acceptors (Lipinski definition) is 5. The molecule has 84 valence electrons. The third-order valence-electron chi connectivity index (χ3n) is 2.25. The summed E-state index contributed by atoms with van der Waals surface area (Å²) in [4.78, 5) is 8.37. The van der Waals surface area contributed by atoms with Gasteiger partial charge in [0.1, 0.15) is 5.82 Å². The van der Waals surface area contributed by atoms with Gasteiger partial charge in [0.15, 0.2) is 0 Å². The Morgan fingerprint density at radius 1 is 1.53 bits per heavy atom. The summed E-state index contributed by atoms with van der Waals surface area (Å²) in [7, 11) is 1.78. The molecular formula is C10H18N4O. The van der Waals surface area contributed by atoms with E-state index in [2.05, 4.69) is 20.6 Å². The molecule has 0 aliphatic rings. The van der Waals surface area contributed by atoms with Gasteiger partial charge in [-0.25, -0.2) is 4.98 Å². The third kappa shape index (κ3) is 3.06. The lowest BCUT2D eigenvalue weighted by atomic mass is 10.2. The number of aryl methyl sites for hydroxylation is 1. The fourth-order valence-electron chi connectivity index (χ4n) is 1.18. The van der Waals surface area contributed by atoms with Crippen LogP contribution in [0.2, 0.25) is 0 Å². The van der Waals surface area contributed by atoms with Gasteiger partial charge in [0, 0.05) is 18.8 Å². The molecule has 15 heavy (non-hydrogen) atoms. The summed E-state index contributed by atoms with van der Waals surface area (Å²) in [5, 5.41) is 15.1. The molecule has 1 atom stereocenters. The van der Waals surface area contributed by atoms with Crippen LogP contribution in [0.5, 0.6) is 0 Å². The van der Waals surface area contributed by atoms with E-state index in [1.807, 2.05) is 13.8 Å². The smallest absolute Gasteiger partial charge is 0.224 e. The van der Waals surface area contributed by atoms with Gasteiger partial charge >= 0.3 is 0 Å². The summed E-state index contributed by atoms with van der Waals surface area (Å²) in [5.41, 5.74) is 0.973. The Hall–Kier alpha value is -1.36. The Morgan fingerprint density at radius 3 is 2.80 bits per heavy atom. The van der Waals surface area contributed by atoms with Crippen LogP contribution in [0.4, 0.5) is 11.8 Å². The van der Waals surface area contributed by atoms with Gasteiger partial charge < -0.3 is 15.7 Å². The molecule has 0 saturated carbocycles. The number of aromatic nitrogens is 2. The van der Waals surface area contributed by atoms with Gasteiger partial charge in [-0.1, -0.05) is 6.92 Å². The Bertz CT molecular complexity index is 312. The van der Waals surface area contributed by atoms with E-state index in [1.165, 1.54) is 0 Å². The maximum atomic E-state index is 9.08. The van der Waals surface area contributed by atoms with Crippen LogP contribution in [0.25, 0.3) is 0 Å². The van der Waals surface area contributed by atoms with Gasteiger partial charge in [-0.05, 0) is 13.3 Å². The molecule has 1 aromatic heterocycles. The number of rotatable bonds is 5. The van der Waals surface area contributed by atoms with E-state index in [0.29, 0.717) is 5.95 Å². The van der Waals surface area contributed by atoms with E-state index in [4.69, 9.17) is 5.11 Å². The Balaban J connectivity index is 2.82. The second-order valence-electron chi connectivity index (χ2n) is 3.41. The topological polar surface area (TPSA) is 70.1 Å². The van der Waals surface area contributed by atoms with Gasteiger partial charge in [0.05, 0.1) is 12.6 Å². The van der Waals surface area contributed by atoms with Crippen molar-refractivity contribution in [1.29, 1.82) is 0 Å². The highest BCUT2D eigenvalue weighted by Crippen LogP contribution is 2.13. The molecule has 0 spiro atoms. The molecule has 0 bridgehead atoms. The molecule has 0 fully saturated rings. The maximum absolute atomic E-state index is 9.08. The van der Waals surface area contributed by atoms with E-state index in [-0.39, 0.29) is 12.6 Å². The first-order chi connectivity index (χ1) is 7.21. The normalized spacial score (nSPS) is 12.3. The Kier molecular flexibility index (Phi) is 4.30. The van der Waals surface area contributed by atoms with Gasteiger partial charge in [0.2, 0.25) is 5.95 Å². The largest absolute Gasteiger partial charge is 0.394 e. The molecule has 1 unspecified atom stereocenters. The number of nitrogens with one attached hydrogen (secondary N) is 2. The minimum atomic E-state index is 0.0447. The van der Waals surface area contributed by atoms with Crippen molar-refractivity contribution in [2.45, 2.75) is 26.3 Å². The second-order valence-corrected chi connectivity index (χ2v) is 3.41. The van der Waals surface area contributed by atoms with E-state index in [9.17, 15) is 0 Å². The molecule has 5 heteroatoms. The van der Waals surface area contributed by atoms with Gasteiger partial charge in [0.25, 0.3) is 0 Å². The summed E-state index contributed by atoms with van der Waals surface area (Å²) < 4.78 is 0. The molecule has 0 amide bonds. The number of nitrogens with zero attached hydrogens (tertiary/aromatic N) is 2. The van der Waals surface area contributed by atoms with Gasteiger partial charge in [-0.3, -0.25) is 0 Å². The van der Waals surface area contributed by atoms with Crippen LogP contribution in [0.15, 0.2) is 6.20 Å². The van der Waals surface area contributed by atoms with Crippen LogP contribution >= 0.6 is 0 Å². The number of aliphatic hydroxyl groups excluding tert-OH is 1. The van der Waals surface area contributed by atoms with Gasteiger partial charge in [-0.2, -0.15) is 4.98 Å². The summed E-state index contributed by atoms with van der Waals surface area (Å²) in [6.45, 7) is 4.06. The second kappa shape index (κ2) is 5.50. The molecular weight excluding hydrogens is 192 g/mol. The molecule has 1 heterocycles. The first-order valence-electron chi connectivity index (χ1n) is 5.10. The molecule has 0 aliphatic carbocycles. The Morgan fingerprint density at radius 2 is 2.27 bits per heavy atom. The minimum Gasteiger partial charge on any atom is -0.394 e. The SMILES string of the molecule is CCC(CO)Nc1nc(NC)ncc1C. The third-order valence-corrected chi connectivity index (χ3v) is 2.25. The lowest BCUT2D eigenvalue weighted by molar-refractivity contribution is 0.271. The zero-order chi connectivity index (χ0) is 11.3. The number of hydrogen-bond donors (Lipinski definition) is 3. The number of aliphatic hydroxyl groups is 1. The van der Waals surface area contributed by atoms with Crippen LogP contribution in [-0.4, -0.2) is 34.8 Å². The molecule has 0 saturated heterocycles. The van der Waals surface area contributed by atoms with Crippen molar-refractivity contribution in [2.75, 3.05) is 24.3 Å². The first kappa shape index (κ1) is 11.7. The Labute approximate surface area is 90.0 Å². The first-order valence-corrected chi connectivity index (χ1v) is 5.10. The predicted molar refractivity (Wildman–Crippen MR) is 61.1 cm³/mol. The molecule has 0 aliphatic heterocycles. The van der Waals surface area contributed by atoms with Crippen molar-refractivity contribution in [3.63, 3.8) is 0 Å². The molecule has 0 aromatic carbocycles. The van der Waals surface area contributed by atoms with Crippen LogP contribution in [0.1, 0.15) is 18.9 Å². The van der Waals surface area contributed by atoms with E-state index >= 15 is 0 Å². The molecule has 1 rings (SSSR count). The van der Waals surface area contributed by atoms with Gasteiger partial charge in [-0.15, -0.1) is 0 Å². The van der Waals surface area contributed by atoms with Crippen LogP contribution in [-0.2, 0) is 0 Å². The fraction of sp³-hybridized carbons (Fsp3) is 0.600. The van der Waals surface area contributed by atoms with Crippen molar-refractivity contribution < 1.29 is 5.11 Å². The van der Waals surface area contributed by atoms with E-state index < -0.39 is 0 Å². The van der Waals surface area contributed by atoms with Crippen molar-refractivity contribution in [3.05, 3.63) is 11.8 Å². The highest BCUT2D eigenvalue weighted by molar-refractivity contribution is 5.46. The lowest BCUT2D eigenvalue weighted by Gasteiger charge is -2.16. The summed E-state index contributed by atoms with van der Waals surface area (Å²) >= 11 is 0. The molecule has 5 nitrogen and oxygen atoms in total. The van der Waals surface area contributed by atoms with Crippen molar-refractivity contribution in [1.82, 2.24) is 9.97 Å². The average molecular weight is 210 g/mol. The summed E-state index contributed by atoms with van der Waals surface area (Å²) in [5.74, 6) is 1.35. The van der Waals surface area contributed by atoms with Crippen LogP contribution in [0, 0.1) is 6.92 Å². The van der Waals surface area contributed by atoms with E-state index in [1.54, 1.807) is 13.2 Å². The number of anilines is 2.